The molecule has 0 fully saturated rings. The zero-order chi connectivity index (χ0) is 14.6. The third-order valence-electron chi connectivity index (χ3n) is 2.44. The second-order valence-corrected chi connectivity index (χ2v) is 4.43. The summed E-state index contributed by atoms with van der Waals surface area (Å²) in [6, 6.07) is 0. The second kappa shape index (κ2) is 6.33. The van der Waals surface area contributed by atoms with E-state index in [1.807, 2.05) is 13.8 Å². The molecule has 0 spiro atoms. The van der Waals surface area contributed by atoms with Gasteiger partial charge in [0.2, 0.25) is 11.7 Å². The lowest BCUT2D eigenvalue weighted by Crippen LogP contribution is -2.30. The van der Waals surface area contributed by atoms with Crippen LogP contribution in [0.15, 0.2) is 4.52 Å². The van der Waals surface area contributed by atoms with Crippen molar-refractivity contribution in [3.8, 4) is 0 Å². The van der Waals surface area contributed by atoms with Gasteiger partial charge in [-0.15, -0.1) is 0 Å². The lowest BCUT2D eigenvalue weighted by molar-refractivity contribution is -0.204. The molecule has 1 aromatic heterocycles. The number of aromatic nitrogens is 2. The summed E-state index contributed by atoms with van der Waals surface area (Å²) in [5, 5.41) is 12.5. The highest BCUT2D eigenvalue weighted by Crippen LogP contribution is 2.25. The van der Waals surface area contributed by atoms with E-state index in [1.165, 1.54) is 0 Å². The predicted octanol–water partition coefficient (Wildman–Crippen LogP) is 2.27. The summed E-state index contributed by atoms with van der Waals surface area (Å²) in [4.78, 5) is 3.84. The smallest absolute Gasteiger partial charge is 0.383 e. The van der Waals surface area contributed by atoms with Crippen LogP contribution in [0.2, 0.25) is 0 Å². The van der Waals surface area contributed by atoms with Crippen LogP contribution in [-0.2, 0) is 11.2 Å². The van der Waals surface area contributed by atoms with Crippen LogP contribution in [0, 0.1) is 5.92 Å². The van der Waals surface area contributed by atoms with Gasteiger partial charge in [-0.2, -0.15) is 18.2 Å². The van der Waals surface area contributed by atoms with Gasteiger partial charge in [0.15, 0.2) is 6.10 Å². The molecule has 0 saturated carbocycles. The minimum atomic E-state index is -4.70. The average Bonchev–Trinajstić information content (AvgIpc) is 2.72. The van der Waals surface area contributed by atoms with Crippen molar-refractivity contribution in [2.75, 3.05) is 6.61 Å². The van der Waals surface area contributed by atoms with Crippen molar-refractivity contribution in [3.05, 3.63) is 11.7 Å². The molecule has 0 bridgehead atoms. The summed E-state index contributed by atoms with van der Waals surface area (Å²) in [7, 11) is 0. The number of aliphatic hydroxyl groups excluding tert-OH is 1. The molecule has 0 saturated heterocycles. The molecule has 0 aliphatic carbocycles. The molecule has 0 amide bonds. The molecule has 1 rings (SSSR count). The van der Waals surface area contributed by atoms with Gasteiger partial charge in [-0.1, -0.05) is 19.0 Å². The van der Waals surface area contributed by atoms with Crippen LogP contribution in [0.3, 0.4) is 0 Å². The standard InChI is InChI=1S/C11H17F3N2O3/c1-4-18-9(6(2)3)10-15-8(19-16-10)5-7(17)11(12,13)14/h6-7,9,17H,4-5H2,1-3H3. The molecule has 0 aliphatic heterocycles. The van der Waals surface area contributed by atoms with Crippen LogP contribution in [0.4, 0.5) is 13.2 Å². The molecular weight excluding hydrogens is 265 g/mol. The van der Waals surface area contributed by atoms with Gasteiger partial charge in [-0.05, 0) is 12.8 Å². The highest BCUT2D eigenvalue weighted by molar-refractivity contribution is 4.94. The van der Waals surface area contributed by atoms with Gasteiger partial charge in [0, 0.05) is 6.61 Å². The van der Waals surface area contributed by atoms with Crippen molar-refractivity contribution in [2.24, 2.45) is 5.92 Å². The van der Waals surface area contributed by atoms with E-state index in [0.717, 1.165) is 0 Å². The molecular formula is C11H17F3N2O3. The van der Waals surface area contributed by atoms with E-state index < -0.39 is 24.8 Å². The van der Waals surface area contributed by atoms with E-state index in [-0.39, 0.29) is 17.6 Å². The summed E-state index contributed by atoms with van der Waals surface area (Å²) in [6.07, 6.45) is -8.41. The van der Waals surface area contributed by atoms with Crippen LogP contribution in [-0.4, -0.2) is 34.1 Å². The van der Waals surface area contributed by atoms with E-state index >= 15 is 0 Å². The maximum Gasteiger partial charge on any atom is 0.414 e. The summed E-state index contributed by atoms with van der Waals surface area (Å²) in [6.45, 7) is 5.98. The predicted molar refractivity (Wildman–Crippen MR) is 59.3 cm³/mol. The Morgan fingerprint density at radius 1 is 1.37 bits per heavy atom. The normalized spacial score (nSPS) is 15.8. The van der Waals surface area contributed by atoms with Gasteiger partial charge in [0.25, 0.3) is 0 Å². The molecule has 5 nitrogen and oxygen atoms in total. The van der Waals surface area contributed by atoms with Gasteiger partial charge in [-0.25, -0.2) is 0 Å². The second-order valence-electron chi connectivity index (χ2n) is 4.43. The van der Waals surface area contributed by atoms with Crippen molar-refractivity contribution in [1.29, 1.82) is 0 Å². The lowest BCUT2D eigenvalue weighted by Gasteiger charge is -2.16. The topological polar surface area (TPSA) is 68.4 Å². The number of ether oxygens (including phenoxy) is 1. The number of hydrogen-bond acceptors (Lipinski definition) is 5. The summed E-state index contributed by atoms with van der Waals surface area (Å²) < 4.78 is 46.7. The molecule has 19 heavy (non-hydrogen) atoms. The van der Waals surface area contributed by atoms with Gasteiger partial charge >= 0.3 is 6.18 Å². The number of nitrogens with zero attached hydrogens (tertiary/aromatic N) is 2. The van der Waals surface area contributed by atoms with E-state index in [9.17, 15) is 13.2 Å². The maximum absolute atomic E-state index is 12.2. The monoisotopic (exact) mass is 282 g/mol. The first-order valence-corrected chi connectivity index (χ1v) is 5.94. The molecule has 1 aromatic rings. The molecule has 2 atom stereocenters. The fourth-order valence-corrected chi connectivity index (χ4v) is 1.49. The van der Waals surface area contributed by atoms with Crippen molar-refractivity contribution < 1.29 is 27.5 Å². The molecule has 0 aliphatic rings. The fraction of sp³-hybridized carbons (Fsp3) is 0.818. The van der Waals surface area contributed by atoms with Crippen LogP contribution >= 0.6 is 0 Å². The molecule has 0 radical (unpaired) electrons. The van der Waals surface area contributed by atoms with Crippen LogP contribution < -0.4 is 0 Å². The first kappa shape index (κ1) is 15.9. The summed E-state index contributed by atoms with van der Waals surface area (Å²) in [5.41, 5.74) is 0. The Morgan fingerprint density at radius 2 is 2.00 bits per heavy atom. The highest BCUT2D eigenvalue weighted by atomic mass is 19.4. The number of rotatable bonds is 6. The highest BCUT2D eigenvalue weighted by Gasteiger charge is 2.39. The van der Waals surface area contributed by atoms with Gasteiger partial charge in [-0.3, -0.25) is 0 Å². The first-order chi connectivity index (χ1) is 8.75. The Morgan fingerprint density at radius 3 is 2.47 bits per heavy atom. The SMILES string of the molecule is CCOC(c1noc(CC(O)C(F)(F)F)n1)C(C)C. The number of hydrogen-bond donors (Lipinski definition) is 1. The molecule has 8 heteroatoms. The molecule has 2 unspecified atom stereocenters. The largest absolute Gasteiger partial charge is 0.414 e. The fourth-order valence-electron chi connectivity index (χ4n) is 1.49. The minimum Gasteiger partial charge on any atom is -0.383 e. The molecule has 110 valence electrons. The lowest BCUT2D eigenvalue weighted by atomic mass is 10.1. The molecule has 0 aromatic carbocycles. The Hall–Kier alpha value is -1.15. The Labute approximate surface area is 108 Å². The third-order valence-corrected chi connectivity index (χ3v) is 2.44. The van der Waals surface area contributed by atoms with E-state index in [0.29, 0.717) is 6.61 Å². The Bertz CT molecular complexity index is 393. The van der Waals surface area contributed by atoms with Gasteiger partial charge in [0.1, 0.15) is 6.10 Å². The van der Waals surface area contributed by atoms with Crippen molar-refractivity contribution in [2.45, 2.75) is 45.6 Å². The Kier molecular flexibility index (Phi) is 5.30. The van der Waals surface area contributed by atoms with E-state index in [1.54, 1.807) is 6.92 Å². The van der Waals surface area contributed by atoms with Crippen molar-refractivity contribution in [1.82, 2.24) is 10.1 Å². The first-order valence-electron chi connectivity index (χ1n) is 5.94. The van der Waals surface area contributed by atoms with Crippen LogP contribution in [0.5, 0.6) is 0 Å². The number of halogens is 3. The van der Waals surface area contributed by atoms with E-state index in [4.69, 9.17) is 14.4 Å². The van der Waals surface area contributed by atoms with Crippen molar-refractivity contribution >= 4 is 0 Å². The maximum atomic E-state index is 12.2. The van der Waals surface area contributed by atoms with Crippen LogP contribution in [0.1, 0.15) is 38.6 Å². The summed E-state index contributed by atoms with van der Waals surface area (Å²) in [5.74, 6) is -0.00987. The molecule has 1 heterocycles. The molecule has 1 N–H and O–H groups in total. The zero-order valence-electron chi connectivity index (χ0n) is 10.9. The zero-order valence-corrected chi connectivity index (χ0v) is 10.9. The number of aliphatic hydroxyl groups is 1. The van der Waals surface area contributed by atoms with Crippen molar-refractivity contribution in [3.63, 3.8) is 0 Å². The van der Waals surface area contributed by atoms with Gasteiger partial charge < -0.3 is 14.4 Å². The van der Waals surface area contributed by atoms with Gasteiger partial charge in [0.05, 0.1) is 6.42 Å². The third kappa shape index (κ3) is 4.46. The quantitative estimate of drug-likeness (QED) is 0.866. The minimum absolute atomic E-state index is 0.0536. The van der Waals surface area contributed by atoms with E-state index in [2.05, 4.69) is 10.1 Å². The average molecular weight is 282 g/mol. The van der Waals surface area contributed by atoms with Crippen LogP contribution in [0.25, 0.3) is 0 Å². The Balaban J connectivity index is 2.76. The number of alkyl halides is 3. The summed E-state index contributed by atoms with van der Waals surface area (Å²) >= 11 is 0.